The summed E-state index contributed by atoms with van der Waals surface area (Å²) < 4.78 is 5.27. The second-order valence-corrected chi connectivity index (χ2v) is 7.30. The number of nitrogens with zero attached hydrogens (tertiary/aromatic N) is 3. The van der Waals surface area contributed by atoms with Gasteiger partial charge >= 0.3 is 0 Å². The van der Waals surface area contributed by atoms with Crippen molar-refractivity contribution in [3.8, 4) is 6.07 Å². The van der Waals surface area contributed by atoms with Gasteiger partial charge in [0.1, 0.15) is 11.8 Å². The molecule has 26 heavy (non-hydrogen) atoms. The molecule has 2 heterocycles. The van der Waals surface area contributed by atoms with Crippen LogP contribution in [0.5, 0.6) is 0 Å². The van der Waals surface area contributed by atoms with Crippen LogP contribution < -0.4 is 10.2 Å². The maximum atomic E-state index is 12.7. The molecule has 1 aliphatic heterocycles. The fourth-order valence-corrected chi connectivity index (χ4v) is 2.88. The third-order valence-electron chi connectivity index (χ3n) is 4.27. The fraction of sp³-hybridized carbons (Fsp3) is 0.368. The molecular weight excluding hydrogens is 332 g/mol. The van der Waals surface area contributed by atoms with Gasteiger partial charge in [-0.15, -0.1) is 0 Å². The normalized spacial score (nSPS) is 17.2. The van der Waals surface area contributed by atoms with Gasteiger partial charge in [0, 0.05) is 23.6 Å². The molecule has 2 aromatic rings. The van der Waals surface area contributed by atoms with Gasteiger partial charge in [0.15, 0.2) is 5.82 Å². The quantitative estimate of drug-likeness (QED) is 0.915. The average molecular weight is 352 g/mol. The van der Waals surface area contributed by atoms with Gasteiger partial charge in [0.25, 0.3) is 0 Å². The highest BCUT2D eigenvalue weighted by Gasteiger charge is 2.37. The van der Waals surface area contributed by atoms with E-state index in [1.165, 1.54) is 4.90 Å². The van der Waals surface area contributed by atoms with Crippen molar-refractivity contribution in [2.45, 2.75) is 45.1 Å². The van der Waals surface area contributed by atoms with Crippen molar-refractivity contribution in [3.63, 3.8) is 0 Å². The number of hydrogen-bond donors (Lipinski definition) is 1. The van der Waals surface area contributed by atoms with Gasteiger partial charge in [-0.2, -0.15) is 5.26 Å². The van der Waals surface area contributed by atoms with Crippen molar-refractivity contribution >= 4 is 23.3 Å². The van der Waals surface area contributed by atoms with Crippen LogP contribution >= 0.6 is 0 Å². The summed E-state index contributed by atoms with van der Waals surface area (Å²) in [5, 5.41) is 15.7. The highest BCUT2D eigenvalue weighted by atomic mass is 16.5. The number of rotatable bonds is 3. The second kappa shape index (κ2) is 6.64. The Balaban J connectivity index is 1.80. The van der Waals surface area contributed by atoms with Gasteiger partial charge in [0.2, 0.25) is 11.8 Å². The molecule has 7 nitrogen and oxygen atoms in total. The Hall–Kier alpha value is -3.14. The van der Waals surface area contributed by atoms with E-state index in [1.54, 1.807) is 30.3 Å². The maximum Gasteiger partial charge on any atom is 0.248 e. The highest BCUT2D eigenvalue weighted by Crippen LogP contribution is 2.29. The zero-order valence-electron chi connectivity index (χ0n) is 14.9. The Bertz CT molecular complexity index is 889. The number of carbonyl (C=O) groups is 2. The van der Waals surface area contributed by atoms with Crippen LogP contribution in [0.4, 0.5) is 11.5 Å². The number of hydrogen-bond acceptors (Lipinski definition) is 5. The van der Waals surface area contributed by atoms with Crippen LogP contribution in [0.15, 0.2) is 34.9 Å². The van der Waals surface area contributed by atoms with Gasteiger partial charge < -0.3 is 9.84 Å². The number of amides is 2. The van der Waals surface area contributed by atoms with E-state index in [-0.39, 0.29) is 23.7 Å². The van der Waals surface area contributed by atoms with Crippen LogP contribution in [0.25, 0.3) is 0 Å². The number of nitriles is 1. The summed E-state index contributed by atoms with van der Waals surface area (Å²) in [5.41, 5.74) is 0.762. The van der Waals surface area contributed by atoms with E-state index in [9.17, 15) is 9.59 Å². The summed E-state index contributed by atoms with van der Waals surface area (Å²) in [4.78, 5) is 26.5. The molecule has 1 aromatic heterocycles. The number of anilines is 2. The van der Waals surface area contributed by atoms with Crippen molar-refractivity contribution in [3.05, 3.63) is 41.7 Å². The first-order valence-corrected chi connectivity index (χ1v) is 8.40. The topological polar surface area (TPSA) is 99.2 Å². The molecule has 1 N–H and O–H groups in total. The van der Waals surface area contributed by atoms with Crippen molar-refractivity contribution in [2.75, 3.05) is 10.2 Å². The summed E-state index contributed by atoms with van der Waals surface area (Å²) in [6, 6.07) is 9.77. The van der Waals surface area contributed by atoms with Crippen LogP contribution in [0.2, 0.25) is 0 Å². The zero-order chi connectivity index (χ0) is 18.9. The van der Waals surface area contributed by atoms with Gasteiger partial charge in [-0.3, -0.25) is 14.5 Å². The van der Waals surface area contributed by atoms with Crippen LogP contribution in [-0.4, -0.2) is 23.0 Å². The molecule has 0 bridgehead atoms. The Kier molecular flexibility index (Phi) is 4.51. The number of nitrogens with one attached hydrogen (secondary N) is 1. The largest absolute Gasteiger partial charge is 0.359 e. The molecule has 7 heteroatoms. The molecule has 0 spiro atoms. The fourth-order valence-electron chi connectivity index (χ4n) is 2.88. The van der Waals surface area contributed by atoms with Gasteiger partial charge in [-0.25, -0.2) is 0 Å². The molecule has 2 amide bonds. The SMILES string of the molecule is CC(C)(C)c1cc(NC(=O)[C@@H]2CCC(=O)N2c2cccc(C#N)c2)no1. The molecule has 1 aromatic carbocycles. The minimum absolute atomic E-state index is 0.143. The summed E-state index contributed by atoms with van der Waals surface area (Å²) in [5.74, 6) is 0.515. The summed E-state index contributed by atoms with van der Waals surface area (Å²) >= 11 is 0. The zero-order valence-corrected chi connectivity index (χ0v) is 14.9. The van der Waals surface area contributed by atoms with E-state index in [4.69, 9.17) is 9.78 Å². The predicted octanol–water partition coefficient (Wildman–Crippen LogP) is 2.98. The standard InChI is InChI=1S/C19H20N4O3/c1-19(2,3)15-10-16(22-26-15)21-18(25)14-7-8-17(24)23(14)13-6-4-5-12(9-13)11-20/h4-6,9-10,14H,7-8H2,1-3H3,(H,21,22,25)/t14-/m0/s1. The third-order valence-corrected chi connectivity index (χ3v) is 4.27. The molecule has 0 radical (unpaired) electrons. The summed E-state index contributed by atoms with van der Waals surface area (Å²) in [6.45, 7) is 5.95. The lowest BCUT2D eigenvalue weighted by atomic mass is 9.93. The van der Waals surface area contributed by atoms with Gasteiger partial charge in [-0.05, 0) is 24.6 Å². The number of benzene rings is 1. The van der Waals surface area contributed by atoms with Crippen LogP contribution in [-0.2, 0) is 15.0 Å². The van der Waals surface area contributed by atoms with Crippen molar-refractivity contribution in [2.24, 2.45) is 0 Å². The minimum atomic E-state index is -0.647. The van der Waals surface area contributed by atoms with Crippen molar-refractivity contribution in [1.82, 2.24) is 5.16 Å². The van der Waals surface area contributed by atoms with E-state index in [2.05, 4.69) is 10.5 Å². The molecule has 1 aliphatic rings. The smallest absolute Gasteiger partial charge is 0.248 e. The molecule has 1 fully saturated rings. The molecule has 0 unspecified atom stereocenters. The van der Waals surface area contributed by atoms with Gasteiger partial charge in [-0.1, -0.05) is 32.0 Å². The second-order valence-electron chi connectivity index (χ2n) is 7.30. The minimum Gasteiger partial charge on any atom is -0.359 e. The number of aromatic nitrogens is 1. The Morgan fingerprint density at radius 3 is 2.81 bits per heavy atom. The van der Waals surface area contributed by atoms with Crippen LogP contribution in [0.1, 0.15) is 44.9 Å². The van der Waals surface area contributed by atoms with Crippen LogP contribution in [0.3, 0.4) is 0 Å². The molecule has 1 atom stereocenters. The lowest BCUT2D eigenvalue weighted by Crippen LogP contribution is -2.41. The van der Waals surface area contributed by atoms with E-state index in [0.717, 1.165) is 0 Å². The highest BCUT2D eigenvalue weighted by molar-refractivity contribution is 6.07. The van der Waals surface area contributed by atoms with Crippen LogP contribution in [0, 0.1) is 11.3 Å². The molecular formula is C19H20N4O3. The first-order chi connectivity index (χ1) is 12.3. The summed E-state index contributed by atoms with van der Waals surface area (Å²) in [6.07, 6.45) is 0.687. The molecule has 0 aliphatic carbocycles. The Morgan fingerprint density at radius 2 is 2.15 bits per heavy atom. The average Bonchev–Trinajstić information content (AvgIpc) is 3.21. The first-order valence-electron chi connectivity index (χ1n) is 8.40. The van der Waals surface area contributed by atoms with Crippen molar-refractivity contribution < 1.29 is 14.1 Å². The van der Waals surface area contributed by atoms with E-state index in [0.29, 0.717) is 29.2 Å². The van der Waals surface area contributed by atoms with E-state index in [1.807, 2.05) is 26.8 Å². The maximum absolute atomic E-state index is 12.7. The number of carbonyl (C=O) groups excluding carboxylic acids is 2. The molecule has 134 valence electrons. The Labute approximate surface area is 151 Å². The monoisotopic (exact) mass is 352 g/mol. The lowest BCUT2D eigenvalue weighted by molar-refractivity contribution is -0.120. The van der Waals surface area contributed by atoms with E-state index < -0.39 is 6.04 Å². The van der Waals surface area contributed by atoms with Crippen molar-refractivity contribution in [1.29, 1.82) is 5.26 Å². The predicted molar refractivity (Wildman–Crippen MR) is 95.5 cm³/mol. The summed E-state index contributed by atoms with van der Waals surface area (Å²) in [7, 11) is 0. The third kappa shape index (κ3) is 3.45. The molecule has 1 saturated heterocycles. The van der Waals surface area contributed by atoms with Gasteiger partial charge in [0.05, 0.1) is 11.6 Å². The lowest BCUT2D eigenvalue weighted by Gasteiger charge is -2.23. The Morgan fingerprint density at radius 1 is 1.38 bits per heavy atom. The van der Waals surface area contributed by atoms with E-state index >= 15 is 0 Å². The first kappa shape index (κ1) is 17.7. The molecule has 0 saturated carbocycles. The molecule has 3 rings (SSSR count).